The summed E-state index contributed by atoms with van der Waals surface area (Å²) < 4.78 is 33.2. The Morgan fingerprint density at radius 3 is 2.43 bits per heavy atom. The molecule has 1 aliphatic rings. The zero-order chi connectivity index (χ0) is 25.9. The predicted octanol–water partition coefficient (Wildman–Crippen LogP) is 5.85. The van der Waals surface area contributed by atoms with E-state index in [1.807, 2.05) is 19.9 Å². The first-order valence-corrected chi connectivity index (χ1v) is 14.2. The van der Waals surface area contributed by atoms with Crippen molar-refractivity contribution in [3.05, 3.63) is 62.6 Å². The van der Waals surface area contributed by atoms with E-state index in [2.05, 4.69) is 25.2 Å². The van der Waals surface area contributed by atoms with E-state index in [1.54, 1.807) is 25.3 Å². The number of rotatable bonds is 8. The van der Waals surface area contributed by atoms with Gasteiger partial charge in [-0.3, -0.25) is 4.79 Å². The molecule has 1 saturated heterocycles. The number of aryl methyl sites for hydroxylation is 1. The fraction of sp³-hybridized carbons (Fsp3) is 0.500. The van der Waals surface area contributed by atoms with Gasteiger partial charge in [-0.25, -0.2) is 12.7 Å². The van der Waals surface area contributed by atoms with Crippen molar-refractivity contribution in [3.63, 3.8) is 0 Å². The lowest BCUT2D eigenvalue weighted by atomic mass is 9.92. The number of hydrogen-bond acceptors (Lipinski definition) is 4. The number of carbonyl (C=O) groups is 1. The first kappa shape index (κ1) is 27.8. The topological polar surface area (TPSA) is 75.7 Å². The summed E-state index contributed by atoms with van der Waals surface area (Å²) in [6, 6.07) is 8.80. The molecule has 0 unspecified atom stereocenters. The van der Waals surface area contributed by atoms with Gasteiger partial charge in [0, 0.05) is 28.7 Å². The van der Waals surface area contributed by atoms with E-state index >= 15 is 0 Å². The van der Waals surface area contributed by atoms with E-state index in [1.165, 1.54) is 4.31 Å². The molecule has 2 atom stereocenters. The van der Waals surface area contributed by atoms with Gasteiger partial charge >= 0.3 is 0 Å². The number of piperidine rings is 1. The molecule has 35 heavy (non-hydrogen) atoms. The standard InChI is InChI=1S/C26H34Cl2N2O4S/c1-16(2)20-13-21(17(3)12-25(20)34-5)18(4)29-26(31)19-8-7-11-30(14-19)35(32,33)15-22-23(27)9-6-10-24(22)28/h6,9-10,12-13,16,18-19H,7-8,11,14-15H2,1-5H3,(H,29,31)/t18-,19+/m1/s1. The molecule has 6 nitrogen and oxygen atoms in total. The number of nitrogens with zero attached hydrogens (tertiary/aromatic N) is 1. The van der Waals surface area contributed by atoms with Crippen LogP contribution in [0.2, 0.25) is 10.0 Å². The lowest BCUT2D eigenvalue weighted by Gasteiger charge is -2.32. The number of carbonyl (C=O) groups excluding carboxylic acids is 1. The third kappa shape index (κ3) is 6.50. The Bertz CT molecular complexity index is 1160. The fourth-order valence-electron chi connectivity index (χ4n) is 4.57. The van der Waals surface area contributed by atoms with Gasteiger partial charge in [0.1, 0.15) is 5.75 Å². The summed E-state index contributed by atoms with van der Waals surface area (Å²) >= 11 is 12.4. The van der Waals surface area contributed by atoms with Crippen LogP contribution in [0, 0.1) is 12.8 Å². The van der Waals surface area contributed by atoms with E-state index in [4.69, 9.17) is 27.9 Å². The molecule has 1 aliphatic heterocycles. The summed E-state index contributed by atoms with van der Waals surface area (Å²) in [5, 5.41) is 3.74. The fourth-order valence-corrected chi connectivity index (χ4v) is 6.93. The first-order chi connectivity index (χ1) is 16.4. The van der Waals surface area contributed by atoms with Crippen molar-refractivity contribution in [2.45, 2.75) is 58.2 Å². The molecule has 192 valence electrons. The van der Waals surface area contributed by atoms with Crippen molar-refractivity contribution in [1.82, 2.24) is 9.62 Å². The molecule has 0 saturated carbocycles. The van der Waals surface area contributed by atoms with E-state index < -0.39 is 15.9 Å². The van der Waals surface area contributed by atoms with E-state index in [0.29, 0.717) is 35.0 Å². The molecule has 3 rings (SSSR count). The van der Waals surface area contributed by atoms with Crippen molar-refractivity contribution in [1.29, 1.82) is 0 Å². The number of benzene rings is 2. The van der Waals surface area contributed by atoms with Crippen LogP contribution in [-0.4, -0.2) is 38.8 Å². The molecule has 2 aromatic rings. The average molecular weight is 542 g/mol. The van der Waals surface area contributed by atoms with E-state index in [-0.39, 0.29) is 30.2 Å². The van der Waals surface area contributed by atoms with Gasteiger partial charge in [0.2, 0.25) is 15.9 Å². The molecule has 2 aromatic carbocycles. The van der Waals surface area contributed by atoms with E-state index in [9.17, 15) is 13.2 Å². The number of ether oxygens (including phenoxy) is 1. The number of amides is 1. The molecule has 1 fully saturated rings. The summed E-state index contributed by atoms with van der Waals surface area (Å²) in [6.45, 7) is 8.67. The predicted molar refractivity (Wildman–Crippen MR) is 142 cm³/mol. The second-order valence-electron chi connectivity index (χ2n) is 9.49. The summed E-state index contributed by atoms with van der Waals surface area (Å²) in [6.07, 6.45) is 1.25. The molecule has 0 aliphatic carbocycles. The third-order valence-corrected chi connectivity index (χ3v) is 9.08. The van der Waals surface area contributed by atoms with Crippen LogP contribution in [0.4, 0.5) is 0 Å². The normalized spacial score (nSPS) is 17.9. The number of sulfonamides is 1. The molecule has 0 spiro atoms. The van der Waals surface area contributed by atoms with Gasteiger partial charge in [0.05, 0.1) is 24.8 Å². The van der Waals surface area contributed by atoms with Crippen molar-refractivity contribution in [2.75, 3.05) is 20.2 Å². The summed E-state index contributed by atoms with van der Waals surface area (Å²) in [5.74, 6) is 0.252. The largest absolute Gasteiger partial charge is 0.496 e. The molecule has 0 radical (unpaired) electrons. The Morgan fingerprint density at radius 1 is 1.17 bits per heavy atom. The Morgan fingerprint density at radius 2 is 1.83 bits per heavy atom. The van der Waals surface area contributed by atoms with Crippen molar-refractivity contribution in [2.24, 2.45) is 5.92 Å². The second kappa shape index (κ2) is 11.5. The zero-order valence-electron chi connectivity index (χ0n) is 20.9. The number of nitrogens with one attached hydrogen (secondary N) is 1. The molecule has 1 amide bonds. The van der Waals surface area contributed by atoms with E-state index in [0.717, 1.165) is 22.4 Å². The SMILES string of the molecule is COc1cc(C)c([C@@H](C)NC(=O)[C@H]2CCCN(S(=O)(=O)Cc3c(Cl)cccc3Cl)C2)cc1C(C)C. The quantitative estimate of drug-likeness (QED) is 0.455. The molecule has 0 bridgehead atoms. The summed E-state index contributed by atoms with van der Waals surface area (Å²) in [4.78, 5) is 13.2. The average Bonchev–Trinajstić information content (AvgIpc) is 2.81. The Balaban J connectivity index is 1.72. The smallest absolute Gasteiger partial charge is 0.224 e. The Labute approximate surface area is 219 Å². The Hall–Kier alpha value is -1.80. The van der Waals surface area contributed by atoms with Crippen LogP contribution < -0.4 is 10.1 Å². The van der Waals surface area contributed by atoms with Crippen LogP contribution in [0.3, 0.4) is 0 Å². The van der Waals surface area contributed by atoms with Gasteiger partial charge in [-0.15, -0.1) is 0 Å². The number of halogens is 2. The maximum atomic E-state index is 13.2. The number of hydrogen-bond donors (Lipinski definition) is 1. The molecule has 0 aromatic heterocycles. The van der Waals surface area contributed by atoms with Crippen LogP contribution in [0.1, 0.15) is 67.8 Å². The van der Waals surface area contributed by atoms with Crippen LogP contribution in [0.25, 0.3) is 0 Å². The first-order valence-electron chi connectivity index (χ1n) is 11.8. The highest BCUT2D eigenvalue weighted by atomic mass is 35.5. The maximum absolute atomic E-state index is 13.2. The lowest BCUT2D eigenvalue weighted by molar-refractivity contribution is -0.126. The highest BCUT2D eigenvalue weighted by Gasteiger charge is 2.33. The summed E-state index contributed by atoms with van der Waals surface area (Å²) in [5.41, 5.74) is 3.52. The minimum absolute atomic E-state index is 0.141. The Kier molecular flexibility index (Phi) is 9.13. The third-order valence-electron chi connectivity index (χ3n) is 6.60. The van der Waals surface area contributed by atoms with Crippen LogP contribution >= 0.6 is 23.2 Å². The van der Waals surface area contributed by atoms with Crippen molar-refractivity contribution in [3.8, 4) is 5.75 Å². The second-order valence-corrected chi connectivity index (χ2v) is 12.3. The van der Waals surface area contributed by atoms with Crippen LogP contribution in [-0.2, 0) is 20.6 Å². The minimum atomic E-state index is -3.69. The highest BCUT2D eigenvalue weighted by Crippen LogP contribution is 2.33. The van der Waals surface area contributed by atoms with Gasteiger partial charge < -0.3 is 10.1 Å². The van der Waals surface area contributed by atoms with Crippen molar-refractivity contribution < 1.29 is 17.9 Å². The zero-order valence-corrected chi connectivity index (χ0v) is 23.2. The molecule has 1 heterocycles. The molecular formula is C26H34Cl2N2O4S. The monoisotopic (exact) mass is 540 g/mol. The highest BCUT2D eigenvalue weighted by molar-refractivity contribution is 7.88. The van der Waals surface area contributed by atoms with Crippen LogP contribution in [0.5, 0.6) is 5.75 Å². The van der Waals surface area contributed by atoms with Gasteiger partial charge in [-0.05, 0) is 73.6 Å². The summed E-state index contributed by atoms with van der Waals surface area (Å²) in [7, 11) is -2.03. The van der Waals surface area contributed by atoms with Gasteiger partial charge in [-0.2, -0.15) is 0 Å². The lowest BCUT2D eigenvalue weighted by Crippen LogP contribution is -2.46. The van der Waals surface area contributed by atoms with Crippen LogP contribution in [0.15, 0.2) is 30.3 Å². The molecule has 9 heteroatoms. The van der Waals surface area contributed by atoms with Gasteiger partial charge in [0.15, 0.2) is 0 Å². The van der Waals surface area contributed by atoms with Gasteiger partial charge in [0.25, 0.3) is 0 Å². The van der Waals surface area contributed by atoms with Crippen molar-refractivity contribution >= 4 is 39.1 Å². The molecular weight excluding hydrogens is 507 g/mol. The van der Waals surface area contributed by atoms with Gasteiger partial charge in [-0.1, -0.05) is 43.1 Å². The maximum Gasteiger partial charge on any atom is 0.224 e. The number of methoxy groups -OCH3 is 1. The molecule has 1 N–H and O–H groups in total. The minimum Gasteiger partial charge on any atom is -0.496 e.